The number of sulfone groups is 1. The number of rotatable bonds is 0. The zero-order valence-electron chi connectivity index (χ0n) is 6.72. The number of nitrogens with one attached hydrogen (secondary N) is 1. The molecule has 0 aromatic heterocycles. The molecule has 0 aromatic rings. The lowest BCUT2D eigenvalue weighted by Crippen LogP contribution is -2.55. The highest BCUT2D eigenvalue weighted by Crippen LogP contribution is 2.43. The van der Waals surface area contributed by atoms with Crippen LogP contribution in [-0.4, -0.2) is 30.5 Å². The fourth-order valence-corrected chi connectivity index (χ4v) is 5.75. The van der Waals surface area contributed by atoms with Gasteiger partial charge in [-0.2, -0.15) is 0 Å². The zero-order chi connectivity index (χ0) is 8.82. The van der Waals surface area contributed by atoms with E-state index >= 15 is 0 Å². The van der Waals surface area contributed by atoms with Gasteiger partial charge in [-0.3, -0.25) is 0 Å². The van der Waals surface area contributed by atoms with Crippen molar-refractivity contribution in [2.24, 2.45) is 5.41 Å². The molecule has 12 heavy (non-hydrogen) atoms. The zero-order valence-corrected chi connectivity index (χ0v) is 9.69. The second-order valence-corrected chi connectivity index (χ2v) is 7.48. The van der Waals surface area contributed by atoms with Crippen molar-refractivity contribution < 1.29 is 8.42 Å². The maximum absolute atomic E-state index is 11.0. The summed E-state index contributed by atoms with van der Waals surface area (Å²) >= 11 is 2.35. The van der Waals surface area contributed by atoms with Crippen LogP contribution in [0.3, 0.4) is 0 Å². The van der Waals surface area contributed by atoms with Crippen LogP contribution in [0.1, 0.15) is 12.8 Å². The van der Waals surface area contributed by atoms with Gasteiger partial charge in [-0.15, -0.1) is 0 Å². The number of piperidine rings is 1. The van der Waals surface area contributed by atoms with Crippen LogP contribution < -0.4 is 5.32 Å². The van der Waals surface area contributed by atoms with Crippen LogP contribution in [0.15, 0.2) is 0 Å². The molecular weight excluding hydrogens is 289 g/mol. The third-order valence-electron chi connectivity index (χ3n) is 2.69. The first-order chi connectivity index (χ1) is 5.52. The van der Waals surface area contributed by atoms with Crippen LogP contribution >= 0.6 is 22.6 Å². The van der Waals surface area contributed by atoms with Crippen molar-refractivity contribution in [2.75, 3.05) is 18.1 Å². The molecule has 1 N–H and O–H groups in total. The van der Waals surface area contributed by atoms with Gasteiger partial charge in [0, 0.05) is 5.41 Å². The van der Waals surface area contributed by atoms with Gasteiger partial charge in [0.1, 0.15) is 0 Å². The smallest absolute Gasteiger partial charge is 0.151 e. The Labute approximate surface area is 86.4 Å². The summed E-state index contributed by atoms with van der Waals surface area (Å²) in [5.41, 5.74) is 0.149. The molecule has 5 heteroatoms. The van der Waals surface area contributed by atoms with E-state index in [9.17, 15) is 8.42 Å². The number of halogens is 1. The largest absolute Gasteiger partial charge is 0.305 e. The highest BCUT2D eigenvalue weighted by molar-refractivity contribution is 14.1. The minimum atomic E-state index is -2.64. The molecule has 0 saturated carbocycles. The van der Waals surface area contributed by atoms with Crippen molar-refractivity contribution in [3.05, 3.63) is 0 Å². The fourth-order valence-electron chi connectivity index (χ4n) is 2.20. The van der Waals surface area contributed by atoms with E-state index in [1.54, 1.807) is 0 Å². The summed E-state index contributed by atoms with van der Waals surface area (Å²) in [7, 11) is -2.64. The molecule has 0 aliphatic carbocycles. The Balaban J connectivity index is 2.05. The van der Waals surface area contributed by atoms with Crippen LogP contribution in [0.5, 0.6) is 0 Å². The van der Waals surface area contributed by atoms with Gasteiger partial charge < -0.3 is 5.32 Å². The van der Waals surface area contributed by atoms with Crippen LogP contribution in [0.25, 0.3) is 0 Å². The summed E-state index contributed by atoms with van der Waals surface area (Å²) in [6, 6.07) is 0. The van der Waals surface area contributed by atoms with Crippen molar-refractivity contribution >= 4 is 32.4 Å². The number of alkyl halides is 1. The molecule has 3 nitrogen and oxygen atoms in total. The first-order valence-corrected chi connectivity index (χ1v) is 7.16. The molecule has 2 aliphatic heterocycles. The van der Waals surface area contributed by atoms with E-state index in [0.717, 1.165) is 19.4 Å². The van der Waals surface area contributed by atoms with E-state index in [1.165, 1.54) is 0 Å². The summed E-state index contributed by atoms with van der Waals surface area (Å²) < 4.78 is 22.6. The Morgan fingerprint density at radius 2 is 2.08 bits per heavy atom. The summed E-state index contributed by atoms with van der Waals surface area (Å²) in [6.07, 6.45) is 2.05. The van der Waals surface area contributed by atoms with E-state index in [2.05, 4.69) is 27.9 Å². The predicted molar refractivity (Wildman–Crippen MR) is 56.1 cm³/mol. The van der Waals surface area contributed by atoms with E-state index in [-0.39, 0.29) is 5.41 Å². The first kappa shape index (κ1) is 9.21. The average molecular weight is 301 g/mol. The third-order valence-corrected chi connectivity index (χ3v) is 5.67. The molecule has 2 fully saturated rings. The lowest BCUT2D eigenvalue weighted by atomic mass is 9.82. The van der Waals surface area contributed by atoms with Gasteiger partial charge in [0.25, 0.3) is 0 Å². The van der Waals surface area contributed by atoms with Crippen LogP contribution in [0.4, 0.5) is 0 Å². The molecule has 70 valence electrons. The summed E-state index contributed by atoms with van der Waals surface area (Å²) in [4.78, 5) is 0. The van der Waals surface area contributed by atoms with Gasteiger partial charge in [0.2, 0.25) is 0 Å². The molecule has 1 atom stereocenters. The van der Waals surface area contributed by atoms with E-state index < -0.39 is 9.84 Å². The van der Waals surface area contributed by atoms with Gasteiger partial charge in [0.05, 0.1) is 15.6 Å². The first-order valence-electron chi connectivity index (χ1n) is 4.09. The van der Waals surface area contributed by atoms with E-state index in [4.69, 9.17) is 0 Å². The second kappa shape index (κ2) is 2.81. The molecule has 2 rings (SSSR count). The van der Waals surface area contributed by atoms with Crippen molar-refractivity contribution in [1.82, 2.24) is 5.32 Å². The Hall–Kier alpha value is 0.640. The fraction of sp³-hybridized carbons (Fsp3) is 1.00. The molecule has 1 unspecified atom stereocenters. The lowest BCUT2D eigenvalue weighted by Gasteiger charge is -2.45. The van der Waals surface area contributed by atoms with Gasteiger partial charge in [0.15, 0.2) is 9.84 Å². The van der Waals surface area contributed by atoms with E-state index in [0.29, 0.717) is 15.6 Å². The van der Waals surface area contributed by atoms with Crippen molar-refractivity contribution in [1.29, 1.82) is 0 Å². The molecule has 0 amide bonds. The predicted octanol–water partition coefficient (Wildman–Crippen LogP) is 0.546. The summed E-state index contributed by atoms with van der Waals surface area (Å²) in [5.74, 6) is 0.863. The van der Waals surface area contributed by atoms with Gasteiger partial charge in [-0.05, 0) is 19.4 Å². The molecule has 2 heterocycles. The Morgan fingerprint density at radius 1 is 1.42 bits per heavy atom. The van der Waals surface area contributed by atoms with Gasteiger partial charge >= 0.3 is 0 Å². The minimum absolute atomic E-state index is 0.149. The van der Waals surface area contributed by atoms with Crippen LogP contribution in [-0.2, 0) is 9.84 Å². The quantitative estimate of drug-likeness (QED) is 0.404. The van der Waals surface area contributed by atoms with Crippen molar-refractivity contribution in [3.8, 4) is 0 Å². The number of hydrogen-bond acceptors (Lipinski definition) is 3. The summed E-state index contributed by atoms with van der Waals surface area (Å²) in [6.45, 7) is 0.975. The highest BCUT2D eigenvalue weighted by Gasteiger charge is 2.49. The van der Waals surface area contributed by atoms with Crippen molar-refractivity contribution in [3.63, 3.8) is 0 Å². The maximum Gasteiger partial charge on any atom is 0.151 e. The number of hydrogen-bond donors (Lipinski definition) is 1. The maximum atomic E-state index is 11.0. The molecule has 0 bridgehead atoms. The molecule has 0 aromatic carbocycles. The van der Waals surface area contributed by atoms with E-state index in [1.807, 2.05) is 0 Å². The lowest BCUT2D eigenvalue weighted by molar-refractivity contribution is 0.234. The second-order valence-electron chi connectivity index (χ2n) is 3.91. The topological polar surface area (TPSA) is 46.2 Å². The van der Waals surface area contributed by atoms with Crippen molar-refractivity contribution in [2.45, 2.75) is 16.9 Å². The van der Waals surface area contributed by atoms with Crippen LogP contribution in [0.2, 0.25) is 0 Å². The molecule has 2 aliphatic rings. The Morgan fingerprint density at radius 3 is 2.58 bits per heavy atom. The molecule has 0 radical (unpaired) electrons. The molecular formula is C7H12INO2S. The van der Waals surface area contributed by atoms with Gasteiger partial charge in [-0.1, -0.05) is 22.6 Å². The standard InChI is InChI=1S/C7H12INO2S/c8-6-3-7(1-2-9-6)4-12(10,11)5-7/h6,9H,1-5H2. The monoisotopic (exact) mass is 301 g/mol. The minimum Gasteiger partial charge on any atom is -0.305 e. The van der Waals surface area contributed by atoms with Crippen LogP contribution in [0, 0.1) is 5.41 Å². The van der Waals surface area contributed by atoms with Gasteiger partial charge in [-0.25, -0.2) is 8.42 Å². The Bertz CT molecular complexity index is 276. The normalized spacial score (nSPS) is 37.6. The SMILES string of the molecule is O=S1(=O)CC2(CCNC(I)C2)C1. The average Bonchev–Trinajstić information content (AvgIpc) is 1.81. The highest BCUT2D eigenvalue weighted by atomic mass is 127. The Kier molecular flexibility index (Phi) is 2.16. The molecule has 1 spiro atoms. The summed E-state index contributed by atoms with van der Waals surface area (Å²) in [5, 5.41) is 3.32. The third kappa shape index (κ3) is 1.63. The molecule has 2 saturated heterocycles.